The van der Waals surface area contributed by atoms with E-state index >= 15 is 0 Å². The van der Waals surface area contributed by atoms with Crippen molar-refractivity contribution in [1.82, 2.24) is 21.3 Å². The van der Waals surface area contributed by atoms with Gasteiger partial charge in [-0.05, 0) is 6.92 Å². The van der Waals surface area contributed by atoms with Crippen molar-refractivity contribution in [2.45, 2.75) is 398 Å². The van der Waals surface area contributed by atoms with Crippen LogP contribution in [0.1, 0.15) is 61.3 Å². The van der Waals surface area contributed by atoms with Crippen molar-refractivity contribution in [2.75, 3.05) is 72.7 Å². The standard InChI is InChI=1S/C83H138N4O59/c1-23-30(103)8-82(126-21-97,144-64(23)47(107)32(105)10-88)125-20-42-51(111)58(118)61(121)77(136-42)138-67-38(16-94)133-75(45(56(67)116)86-28(6)101)142-72-59(119)49(109)34(12-90)130-80(72)124-19-41-53(113)70(62(122)78(135-41)139-68-39(17-95)132-74(44(55(68)115)85-27(5)100)137-66-37(15-93)128-25(3)43(54(66)114)84-26(4)99)141-81-73(60(120)50(110)35(13-91)131-81)143-76-46(87-29(7)102)57(117)69(40(18-96)134-76)140-79-63(123)71(52(112)36(14-92)129-79)146-83(127-22-98)9-31(104)24(2)65(145-83)48(108)33(106)11-89/h21-25,30-81,88-96,103-123H,8-20H2,1-7H3,(H,84,99)(H,85,100)(H,86,101)(H,87,102)/t23-,24-,25+,30-,31-,32-,33-,34?,35?,36?,37?,38+,39?,40?,41?,42?,43?,44?,45?,46?,47-,48-,49-,50-,51+,52+,53-,54-,55-,56?,57-,58+,59+,60?,61?,62?,63?,64?,65?,66-,67-,68-,69-,70+,71+,72?,73?,74+,75+,76+,77+,78+,79+,80+,81-,82+,83+/m1/s1. The summed E-state index contributed by atoms with van der Waals surface area (Å²) in [6, 6.07) is -7.40. The third-order valence-corrected chi connectivity index (χ3v) is 27.3. The van der Waals surface area contributed by atoms with E-state index in [9.17, 15) is 182 Å². The molecule has 0 aliphatic carbocycles. The molecule has 11 fully saturated rings. The van der Waals surface area contributed by atoms with Crippen LogP contribution in [-0.2, 0) is 138 Å². The minimum atomic E-state index is -2.92. The van der Waals surface area contributed by atoms with E-state index in [1.165, 1.54) is 20.8 Å². The number of carbonyl (C=O) groups is 6. The highest BCUT2D eigenvalue weighted by molar-refractivity contribution is 5.74. The van der Waals surface area contributed by atoms with E-state index in [1.54, 1.807) is 0 Å². The van der Waals surface area contributed by atoms with Crippen LogP contribution in [0.5, 0.6) is 0 Å². The Labute approximate surface area is 828 Å². The number of amides is 4. The zero-order valence-electron chi connectivity index (χ0n) is 79.4. The van der Waals surface area contributed by atoms with Gasteiger partial charge in [0.2, 0.25) is 23.6 Å². The van der Waals surface area contributed by atoms with Gasteiger partial charge in [-0.3, -0.25) is 28.8 Å². The monoisotopic (exact) mass is 2130 g/mol. The molecule has 34 N–H and O–H groups in total. The minimum Gasteiger partial charge on any atom is -0.410 e. The molecule has 146 heavy (non-hydrogen) atoms. The smallest absolute Gasteiger partial charge is 0.332 e. The normalized spacial score (nSPS) is 47.5. The summed E-state index contributed by atoms with van der Waals surface area (Å²) in [7, 11) is 0. The van der Waals surface area contributed by atoms with Crippen molar-refractivity contribution in [2.24, 2.45) is 11.8 Å². The fraction of sp³-hybridized carbons (Fsp3) is 0.928. The molecule has 57 atom stereocenters. The summed E-state index contributed by atoms with van der Waals surface area (Å²) >= 11 is 0. The van der Waals surface area contributed by atoms with Crippen molar-refractivity contribution in [3.05, 3.63) is 0 Å². The van der Waals surface area contributed by atoms with Gasteiger partial charge >= 0.3 is 11.9 Å². The Balaban J connectivity index is 0.896. The van der Waals surface area contributed by atoms with Crippen LogP contribution >= 0.6 is 0 Å². The number of nitrogens with one attached hydrogen (secondary N) is 4. The fourth-order valence-corrected chi connectivity index (χ4v) is 19.2. The summed E-state index contributed by atoms with van der Waals surface area (Å²) in [5.41, 5.74) is 0. The van der Waals surface area contributed by atoms with Crippen LogP contribution in [0.4, 0.5) is 0 Å². The molecule has 4 amide bonds. The van der Waals surface area contributed by atoms with E-state index in [-0.39, 0.29) is 12.9 Å². The maximum absolute atomic E-state index is 13.4. The quantitative estimate of drug-likeness (QED) is 0.0199. The lowest BCUT2D eigenvalue weighted by Gasteiger charge is -2.51. The van der Waals surface area contributed by atoms with Crippen LogP contribution in [0, 0.1) is 11.8 Å². The largest absolute Gasteiger partial charge is 0.410 e. The second-order valence-corrected chi connectivity index (χ2v) is 37.4. The van der Waals surface area contributed by atoms with Crippen molar-refractivity contribution in [3.8, 4) is 0 Å². The van der Waals surface area contributed by atoms with Gasteiger partial charge in [0.05, 0.1) is 122 Å². The zero-order chi connectivity index (χ0) is 108. The van der Waals surface area contributed by atoms with E-state index < -0.39 is 458 Å². The molecule has 0 spiro atoms. The highest BCUT2D eigenvalue weighted by Crippen LogP contribution is 2.45. The van der Waals surface area contributed by atoms with Crippen LogP contribution in [0.2, 0.25) is 0 Å². The predicted octanol–water partition coefficient (Wildman–Crippen LogP) is -22.3. The van der Waals surface area contributed by atoms with Crippen LogP contribution in [0.3, 0.4) is 0 Å². The van der Waals surface area contributed by atoms with Crippen molar-refractivity contribution < 1.29 is 291 Å². The second kappa shape index (κ2) is 52.8. The van der Waals surface area contributed by atoms with E-state index in [1.807, 2.05) is 0 Å². The molecular weight excluding hydrogens is 2000 g/mol. The summed E-state index contributed by atoms with van der Waals surface area (Å²) in [6.45, 7) is -5.30. The van der Waals surface area contributed by atoms with Gasteiger partial charge in [0.1, 0.15) is 238 Å². The van der Waals surface area contributed by atoms with E-state index in [0.717, 1.165) is 27.7 Å². The molecule has 11 saturated heterocycles. The number of ether oxygens (including phenoxy) is 23. The first-order chi connectivity index (χ1) is 69.0. The van der Waals surface area contributed by atoms with Crippen LogP contribution in [-0.4, -0.2) is 599 Å². The van der Waals surface area contributed by atoms with Crippen LogP contribution in [0.25, 0.3) is 0 Å². The summed E-state index contributed by atoms with van der Waals surface area (Å²) in [5.74, 6) is -11.5. The van der Waals surface area contributed by atoms with Gasteiger partial charge in [-0.15, -0.1) is 0 Å². The Kier molecular flexibility index (Phi) is 43.8. The molecule has 0 aromatic rings. The summed E-state index contributed by atoms with van der Waals surface area (Å²) in [5, 5.41) is 350. The van der Waals surface area contributed by atoms with Crippen molar-refractivity contribution in [1.29, 1.82) is 0 Å². The topological polar surface area (TPSA) is 970 Å². The van der Waals surface area contributed by atoms with Gasteiger partial charge < -0.3 is 283 Å². The molecular formula is C83H138N4O59. The number of carbonyl (C=O) groups excluding carboxylic acids is 6. The first kappa shape index (κ1) is 121. The Bertz CT molecular complexity index is 4070. The van der Waals surface area contributed by atoms with Crippen molar-refractivity contribution >= 4 is 36.6 Å². The number of hydrogen-bond donors (Lipinski definition) is 34. The molecule has 21 unspecified atom stereocenters. The van der Waals surface area contributed by atoms with Gasteiger partial charge in [0.25, 0.3) is 12.9 Å². The van der Waals surface area contributed by atoms with Crippen molar-refractivity contribution in [3.63, 3.8) is 0 Å². The number of aliphatic hydroxyl groups excluding tert-OH is 30. The highest BCUT2D eigenvalue weighted by atomic mass is 16.9. The first-order valence-corrected chi connectivity index (χ1v) is 46.9. The maximum atomic E-state index is 13.4. The first-order valence-electron chi connectivity index (χ1n) is 46.9. The average molecular weight is 2140 g/mol. The van der Waals surface area contributed by atoms with Gasteiger partial charge in [0.15, 0.2) is 50.3 Å². The molecule has 0 aromatic carbocycles. The highest BCUT2D eigenvalue weighted by Gasteiger charge is 2.65. The second-order valence-electron chi connectivity index (χ2n) is 37.4. The molecule has 63 heteroatoms. The van der Waals surface area contributed by atoms with Gasteiger partial charge in [-0.1, -0.05) is 13.8 Å². The van der Waals surface area contributed by atoms with Crippen LogP contribution < -0.4 is 21.3 Å². The Morgan fingerprint density at radius 1 is 0.315 bits per heavy atom. The lowest BCUT2D eigenvalue weighted by atomic mass is 9.87. The average Bonchev–Trinajstić information content (AvgIpc) is 0.759. The predicted molar refractivity (Wildman–Crippen MR) is 452 cm³/mol. The number of aliphatic hydroxyl groups is 30. The third kappa shape index (κ3) is 26.9. The lowest BCUT2D eigenvalue weighted by molar-refractivity contribution is -0.448. The minimum absolute atomic E-state index is 0.202. The fourth-order valence-electron chi connectivity index (χ4n) is 19.2. The van der Waals surface area contributed by atoms with E-state index in [4.69, 9.17) is 109 Å². The Hall–Kier alpha value is -5.22. The number of rotatable bonds is 43. The molecule has 63 nitrogen and oxygen atoms in total. The van der Waals surface area contributed by atoms with Crippen LogP contribution in [0.15, 0.2) is 0 Å². The molecule has 11 aliphatic rings. The van der Waals surface area contributed by atoms with Gasteiger partial charge in [0, 0.05) is 39.5 Å². The molecule has 11 heterocycles. The molecule has 11 aliphatic heterocycles. The SMILES string of the molecule is CC(=O)NC1C(O)[C@H](O[C@@H]2OC(CO[C@]3(OC=O)C[C@@H](O)[C@@H](C)C([C@H](O)[C@H](O)CO)O3)[C@H](O)[C@H](O)C2O)[C@H](CO)O[C@H]1OC1[C@@H](OCC2O[C@@H](O[C@@H]3C(CO)O[C@@H](O[C@@H]4C(CO)O[C@@H](C)C(NC(C)=O)[C@H]4O)C(NC(C)=O)[C@H]3O)C(O)[C@@H](O[C@H]3OC(CO)[C@@H](O)C(O)C3O[C@@H]3OC(CO)[C@@H](O[C@@H]4OC(CO)[C@H](O)[C@H](O[C@]5(OC=O)C[C@@H](O)[C@@H](C)C([C@H](O)[C@H](O)CO)O5)C4O)[C@H](O)C3NC(C)=O)[C@@H]2O)OC(CO)[C@@H](O)[C@@H]1O. The molecule has 11 rings (SSSR count). The zero-order valence-corrected chi connectivity index (χ0v) is 79.4. The van der Waals surface area contributed by atoms with E-state index in [2.05, 4.69) is 21.3 Å². The summed E-state index contributed by atoms with van der Waals surface area (Å²) in [4.78, 5) is 76.3. The third-order valence-electron chi connectivity index (χ3n) is 27.3. The lowest BCUT2D eigenvalue weighted by Crippen LogP contribution is -2.71. The van der Waals surface area contributed by atoms with Gasteiger partial charge in [-0.2, -0.15) is 0 Å². The molecule has 0 radical (unpaired) electrons. The van der Waals surface area contributed by atoms with E-state index in [0.29, 0.717) is 0 Å². The maximum Gasteiger partial charge on any atom is 0.332 e. The van der Waals surface area contributed by atoms with Gasteiger partial charge in [-0.25, -0.2) is 0 Å². The summed E-state index contributed by atoms with van der Waals surface area (Å²) in [6.07, 6.45) is -106. The summed E-state index contributed by atoms with van der Waals surface area (Å²) < 4.78 is 137. The molecule has 0 bridgehead atoms. The Morgan fingerprint density at radius 2 is 0.616 bits per heavy atom. The Morgan fingerprint density at radius 3 is 1.03 bits per heavy atom. The molecule has 0 aromatic heterocycles. The molecule has 844 valence electrons. The molecule has 0 saturated carbocycles. The number of hydrogen-bond acceptors (Lipinski definition) is 59.